The van der Waals surface area contributed by atoms with Crippen LogP contribution in [0.3, 0.4) is 0 Å². The molecule has 6 heteroatoms. The van der Waals surface area contributed by atoms with Crippen molar-refractivity contribution in [2.75, 3.05) is 41.8 Å². The van der Waals surface area contributed by atoms with Crippen molar-refractivity contribution in [2.45, 2.75) is 6.92 Å². The largest absolute Gasteiger partial charge is 0.378 e. The van der Waals surface area contributed by atoms with E-state index in [1.807, 2.05) is 12.1 Å². The fourth-order valence-electron chi connectivity index (χ4n) is 2.59. The van der Waals surface area contributed by atoms with Gasteiger partial charge < -0.3 is 20.3 Å². The summed E-state index contributed by atoms with van der Waals surface area (Å²) < 4.78 is 18.7. The summed E-state index contributed by atoms with van der Waals surface area (Å²) in [5.41, 5.74) is 3.43. The molecule has 2 aromatic carbocycles. The molecular formula is C18H20FN3OS. The predicted octanol–water partition coefficient (Wildman–Crippen LogP) is 3.78. The number of morpholine rings is 1. The molecule has 4 nitrogen and oxygen atoms in total. The van der Waals surface area contributed by atoms with E-state index in [0.29, 0.717) is 10.7 Å². The summed E-state index contributed by atoms with van der Waals surface area (Å²) in [5, 5.41) is 6.67. The average molecular weight is 345 g/mol. The molecule has 0 aromatic heterocycles. The van der Waals surface area contributed by atoms with Gasteiger partial charge in [0.25, 0.3) is 0 Å². The number of ether oxygens (including phenoxy) is 1. The molecule has 1 aliphatic heterocycles. The summed E-state index contributed by atoms with van der Waals surface area (Å²) >= 11 is 5.31. The Balaban J connectivity index is 1.58. The Labute approximate surface area is 146 Å². The zero-order valence-corrected chi connectivity index (χ0v) is 14.3. The molecule has 1 heterocycles. The molecule has 0 spiro atoms. The smallest absolute Gasteiger partial charge is 0.175 e. The molecule has 0 amide bonds. The molecular weight excluding hydrogens is 325 g/mol. The van der Waals surface area contributed by atoms with Crippen LogP contribution in [0, 0.1) is 12.7 Å². The van der Waals surface area contributed by atoms with Crippen LogP contribution in [0.2, 0.25) is 0 Å². The lowest BCUT2D eigenvalue weighted by Crippen LogP contribution is -2.36. The van der Waals surface area contributed by atoms with Gasteiger partial charge in [0.15, 0.2) is 5.11 Å². The van der Waals surface area contributed by atoms with Crippen LogP contribution in [-0.2, 0) is 4.74 Å². The van der Waals surface area contributed by atoms with E-state index in [-0.39, 0.29) is 5.82 Å². The fraction of sp³-hybridized carbons (Fsp3) is 0.278. The van der Waals surface area contributed by atoms with Crippen LogP contribution in [-0.4, -0.2) is 31.4 Å². The highest BCUT2D eigenvalue weighted by Crippen LogP contribution is 2.19. The van der Waals surface area contributed by atoms with Gasteiger partial charge in [-0.3, -0.25) is 0 Å². The number of halogens is 1. The predicted molar refractivity (Wildman–Crippen MR) is 100 cm³/mol. The fourth-order valence-corrected chi connectivity index (χ4v) is 2.83. The van der Waals surface area contributed by atoms with Gasteiger partial charge in [-0.05, 0) is 67.2 Å². The first-order chi connectivity index (χ1) is 11.6. The summed E-state index contributed by atoms with van der Waals surface area (Å²) in [6.45, 7) is 5.09. The van der Waals surface area contributed by atoms with Crippen molar-refractivity contribution in [3.63, 3.8) is 0 Å². The number of aryl methyl sites for hydroxylation is 1. The van der Waals surface area contributed by atoms with Crippen LogP contribution in [0.1, 0.15) is 5.56 Å². The third-order valence-electron chi connectivity index (χ3n) is 3.92. The maximum atomic E-state index is 13.3. The van der Waals surface area contributed by atoms with Crippen molar-refractivity contribution in [3.8, 4) is 0 Å². The van der Waals surface area contributed by atoms with Gasteiger partial charge >= 0.3 is 0 Å². The first-order valence-corrected chi connectivity index (χ1v) is 8.29. The van der Waals surface area contributed by atoms with Gasteiger partial charge in [0.2, 0.25) is 0 Å². The highest BCUT2D eigenvalue weighted by Gasteiger charge is 2.10. The van der Waals surface area contributed by atoms with E-state index >= 15 is 0 Å². The van der Waals surface area contributed by atoms with E-state index in [0.717, 1.165) is 37.7 Å². The van der Waals surface area contributed by atoms with Gasteiger partial charge in [-0.1, -0.05) is 0 Å². The topological polar surface area (TPSA) is 36.5 Å². The molecule has 0 bridgehead atoms. The Kier molecular flexibility index (Phi) is 5.27. The Morgan fingerprint density at radius 1 is 1.04 bits per heavy atom. The number of hydrogen-bond acceptors (Lipinski definition) is 3. The standard InChI is InChI=1S/C18H20FN3OS/c1-13-12-15(4-7-17(13)19)21-18(24)20-14-2-5-16(6-3-14)22-8-10-23-11-9-22/h2-7,12H,8-11H2,1H3,(H2,20,21,24). The molecule has 2 N–H and O–H groups in total. The first-order valence-electron chi connectivity index (χ1n) is 7.89. The zero-order chi connectivity index (χ0) is 16.9. The Morgan fingerprint density at radius 3 is 2.33 bits per heavy atom. The van der Waals surface area contributed by atoms with E-state index in [9.17, 15) is 4.39 Å². The minimum absolute atomic E-state index is 0.224. The third kappa shape index (κ3) is 4.21. The van der Waals surface area contributed by atoms with Crippen LogP contribution in [0.15, 0.2) is 42.5 Å². The lowest BCUT2D eigenvalue weighted by atomic mass is 10.2. The van der Waals surface area contributed by atoms with Crippen LogP contribution in [0.4, 0.5) is 21.5 Å². The maximum Gasteiger partial charge on any atom is 0.175 e. The minimum Gasteiger partial charge on any atom is -0.378 e. The molecule has 0 radical (unpaired) electrons. The van der Waals surface area contributed by atoms with E-state index in [1.54, 1.807) is 19.1 Å². The normalized spacial score (nSPS) is 14.3. The van der Waals surface area contributed by atoms with Crippen molar-refractivity contribution >= 4 is 34.4 Å². The number of nitrogens with zero attached hydrogens (tertiary/aromatic N) is 1. The van der Waals surface area contributed by atoms with Gasteiger partial charge in [-0.2, -0.15) is 0 Å². The monoisotopic (exact) mass is 345 g/mol. The van der Waals surface area contributed by atoms with Gasteiger partial charge in [-0.15, -0.1) is 0 Å². The summed E-state index contributed by atoms with van der Waals surface area (Å²) in [4.78, 5) is 2.30. The quantitative estimate of drug-likeness (QED) is 0.828. The van der Waals surface area contributed by atoms with E-state index in [2.05, 4.69) is 27.7 Å². The summed E-state index contributed by atoms with van der Waals surface area (Å²) in [7, 11) is 0. The highest BCUT2D eigenvalue weighted by atomic mass is 32.1. The molecule has 0 aliphatic carbocycles. The lowest BCUT2D eigenvalue weighted by Gasteiger charge is -2.29. The van der Waals surface area contributed by atoms with E-state index in [4.69, 9.17) is 17.0 Å². The van der Waals surface area contributed by atoms with Gasteiger partial charge in [0.1, 0.15) is 5.82 Å². The summed E-state index contributed by atoms with van der Waals surface area (Å²) in [6, 6.07) is 12.9. The van der Waals surface area contributed by atoms with E-state index in [1.165, 1.54) is 11.8 Å². The number of rotatable bonds is 3. The second-order valence-corrected chi connectivity index (χ2v) is 6.10. The molecule has 0 unspecified atom stereocenters. The van der Waals surface area contributed by atoms with Crippen LogP contribution >= 0.6 is 12.2 Å². The molecule has 24 heavy (non-hydrogen) atoms. The molecule has 1 saturated heterocycles. The molecule has 0 saturated carbocycles. The Hall–Kier alpha value is -2.18. The van der Waals surface area contributed by atoms with Gasteiger partial charge in [0, 0.05) is 30.2 Å². The first kappa shape index (κ1) is 16.7. The van der Waals surface area contributed by atoms with Crippen LogP contribution < -0.4 is 15.5 Å². The molecule has 3 rings (SSSR count). The van der Waals surface area contributed by atoms with Crippen LogP contribution in [0.5, 0.6) is 0 Å². The highest BCUT2D eigenvalue weighted by molar-refractivity contribution is 7.80. The van der Waals surface area contributed by atoms with E-state index < -0.39 is 0 Å². The molecule has 1 aliphatic rings. The number of nitrogens with one attached hydrogen (secondary N) is 2. The Bertz CT molecular complexity index is 715. The van der Waals surface area contributed by atoms with Crippen LogP contribution in [0.25, 0.3) is 0 Å². The van der Waals surface area contributed by atoms with Crippen molar-refractivity contribution in [2.24, 2.45) is 0 Å². The minimum atomic E-state index is -0.224. The number of benzene rings is 2. The summed E-state index contributed by atoms with van der Waals surface area (Å²) in [6.07, 6.45) is 0. The SMILES string of the molecule is Cc1cc(NC(=S)Nc2ccc(N3CCOCC3)cc2)ccc1F. The average Bonchev–Trinajstić information content (AvgIpc) is 2.59. The van der Waals surface area contributed by atoms with Gasteiger partial charge in [0.05, 0.1) is 13.2 Å². The Morgan fingerprint density at radius 2 is 1.67 bits per heavy atom. The molecule has 126 valence electrons. The zero-order valence-electron chi connectivity index (χ0n) is 13.5. The molecule has 2 aromatic rings. The second kappa shape index (κ2) is 7.59. The molecule has 1 fully saturated rings. The third-order valence-corrected chi connectivity index (χ3v) is 4.12. The maximum absolute atomic E-state index is 13.3. The number of thiocarbonyl (C=S) groups is 1. The van der Waals surface area contributed by atoms with Gasteiger partial charge in [-0.25, -0.2) is 4.39 Å². The lowest BCUT2D eigenvalue weighted by molar-refractivity contribution is 0.122. The van der Waals surface area contributed by atoms with Crippen molar-refractivity contribution in [1.29, 1.82) is 0 Å². The molecule has 0 atom stereocenters. The van der Waals surface area contributed by atoms with Crippen molar-refractivity contribution in [3.05, 3.63) is 53.8 Å². The second-order valence-electron chi connectivity index (χ2n) is 5.69. The summed E-state index contributed by atoms with van der Waals surface area (Å²) in [5.74, 6) is -0.224. The number of anilines is 3. The van der Waals surface area contributed by atoms with Crippen molar-refractivity contribution < 1.29 is 9.13 Å². The number of hydrogen-bond donors (Lipinski definition) is 2. The van der Waals surface area contributed by atoms with Crippen molar-refractivity contribution in [1.82, 2.24) is 0 Å².